The summed E-state index contributed by atoms with van der Waals surface area (Å²) in [7, 11) is 0. The van der Waals surface area contributed by atoms with E-state index in [1.807, 2.05) is 31.2 Å². The topological polar surface area (TPSA) is 84.0 Å². The van der Waals surface area contributed by atoms with Gasteiger partial charge >= 0.3 is 0 Å². The summed E-state index contributed by atoms with van der Waals surface area (Å²) >= 11 is 0. The number of hydrogen-bond donors (Lipinski definition) is 3. The smallest absolute Gasteiger partial charge is 0.257 e. The van der Waals surface area contributed by atoms with E-state index >= 15 is 0 Å². The number of carbonyl (C=O) groups is 1. The first-order valence-corrected chi connectivity index (χ1v) is 11.8. The van der Waals surface area contributed by atoms with Crippen LogP contribution in [-0.4, -0.2) is 50.8 Å². The molecule has 0 aliphatic heterocycles. The molecule has 1 saturated carbocycles. The van der Waals surface area contributed by atoms with Crippen molar-refractivity contribution in [3.63, 3.8) is 0 Å². The van der Waals surface area contributed by atoms with Gasteiger partial charge in [0.2, 0.25) is 0 Å². The van der Waals surface area contributed by atoms with Gasteiger partial charge in [0.05, 0.1) is 12.6 Å². The number of likely N-dealkylation sites (N-methyl/N-ethyl adjacent to an activating group) is 1. The fourth-order valence-corrected chi connectivity index (χ4v) is 3.97. The molecule has 1 fully saturated rings. The highest BCUT2D eigenvalue weighted by Gasteiger charge is 2.25. The Hall–Kier alpha value is -2.28. The van der Waals surface area contributed by atoms with Gasteiger partial charge in [-0.2, -0.15) is 0 Å². The molecule has 1 aromatic carbocycles. The van der Waals surface area contributed by atoms with Crippen molar-refractivity contribution in [2.75, 3.05) is 32.8 Å². The van der Waals surface area contributed by atoms with Gasteiger partial charge in [-0.3, -0.25) is 4.79 Å². The van der Waals surface area contributed by atoms with E-state index in [1.165, 1.54) is 25.7 Å². The molecule has 0 aromatic heterocycles. The van der Waals surface area contributed by atoms with Gasteiger partial charge in [0.25, 0.3) is 5.91 Å². The molecule has 1 aliphatic rings. The number of aliphatic imine (C=N–C) groups is 1. The zero-order chi connectivity index (χ0) is 22.3. The molecule has 2 rings (SSSR count). The van der Waals surface area contributed by atoms with Crippen LogP contribution in [0.5, 0.6) is 5.75 Å². The quantitative estimate of drug-likeness (QED) is 0.329. The second-order valence-electron chi connectivity index (χ2n) is 7.84. The number of guanidine groups is 1. The summed E-state index contributed by atoms with van der Waals surface area (Å²) in [6.45, 7) is 9.60. The van der Waals surface area contributed by atoms with E-state index in [9.17, 15) is 4.79 Å². The van der Waals surface area contributed by atoms with Crippen LogP contribution in [0.4, 0.5) is 0 Å². The molecule has 0 bridgehead atoms. The predicted molar refractivity (Wildman–Crippen MR) is 125 cm³/mol. The fourth-order valence-electron chi connectivity index (χ4n) is 3.97. The van der Waals surface area contributed by atoms with E-state index in [0.29, 0.717) is 30.9 Å². The van der Waals surface area contributed by atoms with E-state index in [-0.39, 0.29) is 12.5 Å². The second-order valence-corrected chi connectivity index (χ2v) is 7.84. The largest absolute Gasteiger partial charge is 0.484 e. The fraction of sp³-hybridized carbons (Fsp3) is 0.667. The van der Waals surface area contributed by atoms with Crippen LogP contribution in [0.15, 0.2) is 29.3 Å². The maximum absolute atomic E-state index is 11.6. The lowest BCUT2D eigenvalue weighted by Crippen LogP contribution is -2.39. The average Bonchev–Trinajstić information content (AvgIpc) is 3.31. The van der Waals surface area contributed by atoms with Gasteiger partial charge in [-0.25, -0.2) is 4.99 Å². The number of rotatable bonds is 13. The van der Waals surface area contributed by atoms with E-state index in [4.69, 9.17) is 14.5 Å². The lowest BCUT2D eigenvalue weighted by Gasteiger charge is -2.24. The van der Waals surface area contributed by atoms with Gasteiger partial charge in [-0.15, -0.1) is 0 Å². The standard InChI is InChI=1S/C24H40N4O3/c1-4-25-23(29)18-31-21-13-9-10-19(16-21)17-28-24(26-5-2)27-15-14-22(30-6-3)20-11-7-8-12-20/h9-10,13,16,20,22H,4-8,11-12,14-15,17-18H2,1-3H3,(H,25,29)(H2,26,27,28). The number of carbonyl (C=O) groups excluding carboxylic acids is 1. The molecule has 1 unspecified atom stereocenters. The minimum Gasteiger partial charge on any atom is -0.484 e. The van der Waals surface area contributed by atoms with Gasteiger partial charge < -0.3 is 25.4 Å². The van der Waals surface area contributed by atoms with Crippen LogP contribution < -0.4 is 20.7 Å². The van der Waals surface area contributed by atoms with Gasteiger partial charge in [-0.05, 0) is 63.6 Å². The molecule has 1 aromatic rings. The Morgan fingerprint density at radius 1 is 1.13 bits per heavy atom. The van der Waals surface area contributed by atoms with Crippen molar-refractivity contribution in [1.29, 1.82) is 0 Å². The van der Waals surface area contributed by atoms with Crippen LogP contribution in [0, 0.1) is 5.92 Å². The molecule has 0 heterocycles. The Morgan fingerprint density at radius 3 is 2.61 bits per heavy atom. The first-order valence-electron chi connectivity index (χ1n) is 11.8. The molecule has 174 valence electrons. The molecule has 1 aliphatic carbocycles. The minimum atomic E-state index is -0.118. The molecule has 0 radical (unpaired) electrons. The Labute approximate surface area is 187 Å². The molecule has 7 nitrogen and oxygen atoms in total. The van der Waals surface area contributed by atoms with Crippen molar-refractivity contribution in [2.24, 2.45) is 10.9 Å². The second kappa shape index (κ2) is 14.7. The van der Waals surface area contributed by atoms with Crippen LogP contribution in [-0.2, 0) is 16.1 Å². The monoisotopic (exact) mass is 432 g/mol. The summed E-state index contributed by atoms with van der Waals surface area (Å²) in [6, 6.07) is 7.72. The lowest BCUT2D eigenvalue weighted by molar-refractivity contribution is -0.122. The first-order chi connectivity index (χ1) is 15.2. The third-order valence-electron chi connectivity index (χ3n) is 5.43. The molecule has 1 amide bonds. The minimum absolute atomic E-state index is 0.0206. The summed E-state index contributed by atoms with van der Waals surface area (Å²) in [5.74, 6) is 2.06. The highest BCUT2D eigenvalue weighted by molar-refractivity contribution is 5.79. The molecule has 7 heteroatoms. The van der Waals surface area contributed by atoms with E-state index in [1.54, 1.807) is 0 Å². The van der Waals surface area contributed by atoms with Gasteiger partial charge in [0.15, 0.2) is 12.6 Å². The van der Waals surface area contributed by atoms with Crippen molar-refractivity contribution in [2.45, 2.75) is 65.5 Å². The summed E-state index contributed by atoms with van der Waals surface area (Å²) in [6.07, 6.45) is 6.57. The zero-order valence-electron chi connectivity index (χ0n) is 19.4. The number of ether oxygens (including phenoxy) is 2. The summed E-state index contributed by atoms with van der Waals surface area (Å²) in [5, 5.41) is 9.48. The van der Waals surface area contributed by atoms with Crippen molar-refractivity contribution >= 4 is 11.9 Å². The van der Waals surface area contributed by atoms with Crippen molar-refractivity contribution < 1.29 is 14.3 Å². The molecule has 3 N–H and O–H groups in total. The van der Waals surface area contributed by atoms with E-state index in [2.05, 4.69) is 29.8 Å². The number of nitrogens with zero attached hydrogens (tertiary/aromatic N) is 1. The third-order valence-corrected chi connectivity index (χ3v) is 5.43. The van der Waals surface area contributed by atoms with E-state index < -0.39 is 0 Å². The Kier molecular flexibility index (Phi) is 11.8. The van der Waals surface area contributed by atoms with Crippen molar-refractivity contribution in [3.8, 4) is 5.75 Å². The molecule has 31 heavy (non-hydrogen) atoms. The molecular formula is C24H40N4O3. The predicted octanol–water partition coefficient (Wildman–Crippen LogP) is 3.24. The van der Waals surface area contributed by atoms with Crippen LogP contribution in [0.2, 0.25) is 0 Å². The molecular weight excluding hydrogens is 392 g/mol. The van der Waals surface area contributed by atoms with Gasteiger partial charge in [0, 0.05) is 26.2 Å². The highest BCUT2D eigenvalue weighted by Crippen LogP contribution is 2.30. The van der Waals surface area contributed by atoms with E-state index in [0.717, 1.165) is 37.6 Å². The van der Waals surface area contributed by atoms with Crippen molar-refractivity contribution in [1.82, 2.24) is 16.0 Å². The number of nitrogens with one attached hydrogen (secondary N) is 3. The molecule has 1 atom stereocenters. The van der Waals surface area contributed by atoms with Crippen LogP contribution >= 0.6 is 0 Å². The lowest BCUT2D eigenvalue weighted by atomic mass is 9.98. The highest BCUT2D eigenvalue weighted by atomic mass is 16.5. The Bertz CT molecular complexity index is 675. The summed E-state index contributed by atoms with van der Waals surface area (Å²) in [5.41, 5.74) is 1.03. The summed E-state index contributed by atoms with van der Waals surface area (Å²) in [4.78, 5) is 16.3. The average molecular weight is 433 g/mol. The zero-order valence-corrected chi connectivity index (χ0v) is 19.4. The maximum Gasteiger partial charge on any atom is 0.257 e. The molecule has 0 spiro atoms. The van der Waals surface area contributed by atoms with Crippen molar-refractivity contribution in [3.05, 3.63) is 29.8 Å². The Morgan fingerprint density at radius 2 is 1.90 bits per heavy atom. The Balaban J connectivity index is 1.85. The number of amides is 1. The number of benzene rings is 1. The molecule has 0 saturated heterocycles. The van der Waals surface area contributed by atoms with Crippen LogP contribution in [0.25, 0.3) is 0 Å². The third kappa shape index (κ3) is 9.59. The number of hydrogen-bond acceptors (Lipinski definition) is 4. The SMILES string of the molecule is CCNC(=O)COc1cccc(CN=C(NCC)NCCC(OCC)C2CCCC2)c1. The van der Waals surface area contributed by atoms with Crippen LogP contribution in [0.1, 0.15) is 58.4 Å². The first kappa shape index (κ1) is 25.0. The van der Waals surface area contributed by atoms with Gasteiger partial charge in [-0.1, -0.05) is 25.0 Å². The van der Waals surface area contributed by atoms with Crippen LogP contribution in [0.3, 0.4) is 0 Å². The maximum atomic E-state index is 11.6. The van der Waals surface area contributed by atoms with Gasteiger partial charge in [0.1, 0.15) is 5.75 Å². The normalized spacial score (nSPS) is 15.5. The summed E-state index contributed by atoms with van der Waals surface area (Å²) < 4.78 is 11.6.